The minimum atomic E-state index is -0.0719. The first-order valence-corrected chi connectivity index (χ1v) is 7.46. The fourth-order valence-corrected chi connectivity index (χ4v) is 2.37. The lowest BCUT2D eigenvalue weighted by atomic mass is 10.1. The topological polar surface area (TPSA) is 52.6 Å². The van der Waals surface area contributed by atoms with E-state index in [1.807, 2.05) is 42.5 Å². The molecule has 0 saturated heterocycles. The van der Waals surface area contributed by atoms with Crippen molar-refractivity contribution in [2.45, 2.75) is 19.9 Å². The molecule has 1 amide bonds. The number of hydrogen-bond donors (Lipinski definition) is 2. The fraction of sp³-hybridized carbons (Fsp3) is 0.278. The van der Waals surface area contributed by atoms with Gasteiger partial charge in [0.15, 0.2) is 0 Å². The van der Waals surface area contributed by atoms with Crippen LogP contribution in [0.25, 0.3) is 0 Å². The molecular weight excluding hydrogens is 276 g/mol. The molecule has 0 atom stereocenters. The molecule has 0 radical (unpaired) electrons. The summed E-state index contributed by atoms with van der Waals surface area (Å²) in [5, 5.41) is 11.9. The average Bonchev–Trinajstić information content (AvgIpc) is 2.52. The average molecular weight is 298 g/mol. The number of hydrogen-bond acceptors (Lipinski definition) is 3. The third-order valence-corrected chi connectivity index (χ3v) is 3.33. The van der Waals surface area contributed by atoms with Crippen molar-refractivity contribution in [2.75, 3.05) is 23.4 Å². The van der Waals surface area contributed by atoms with Crippen molar-refractivity contribution in [3.63, 3.8) is 0 Å². The van der Waals surface area contributed by atoms with E-state index in [-0.39, 0.29) is 12.5 Å². The normalized spacial score (nSPS) is 10.3. The zero-order valence-electron chi connectivity index (χ0n) is 12.8. The second kappa shape index (κ2) is 8.20. The minimum Gasteiger partial charge on any atom is -0.396 e. The quantitative estimate of drug-likeness (QED) is 0.826. The van der Waals surface area contributed by atoms with Crippen LogP contribution in [0.15, 0.2) is 54.6 Å². The molecule has 0 aliphatic rings. The number of anilines is 2. The van der Waals surface area contributed by atoms with E-state index in [0.29, 0.717) is 0 Å². The Kier molecular flexibility index (Phi) is 5.98. The zero-order chi connectivity index (χ0) is 15.8. The molecule has 2 rings (SSSR count). The molecule has 2 aromatic rings. The molecule has 0 unspecified atom stereocenters. The molecule has 0 bridgehead atoms. The highest BCUT2D eigenvalue weighted by atomic mass is 16.3. The Hall–Kier alpha value is -2.33. The first kappa shape index (κ1) is 16.0. The van der Waals surface area contributed by atoms with Gasteiger partial charge >= 0.3 is 0 Å². The van der Waals surface area contributed by atoms with Crippen LogP contribution in [0.1, 0.15) is 18.9 Å². The van der Waals surface area contributed by atoms with Gasteiger partial charge in [0.25, 0.3) is 0 Å². The zero-order valence-corrected chi connectivity index (χ0v) is 12.8. The van der Waals surface area contributed by atoms with Crippen LogP contribution in [0.2, 0.25) is 0 Å². The summed E-state index contributed by atoms with van der Waals surface area (Å²) in [4.78, 5) is 13.4. The summed E-state index contributed by atoms with van der Waals surface area (Å²) in [6.07, 6.45) is 0.723. The molecular formula is C18H22N2O2. The van der Waals surface area contributed by atoms with Crippen LogP contribution in [0.5, 0.6) is 0 Å². The van der Waals surface area contributed by atoms with Crippen molar-refractivity contribution < 1.29 is 9.90 Å². The third kappa shape index (κ3) is 4.90. The number of nitrogens with one attached hydrogen (secondary N) is 1. The number of amides is 1. The molecule has 116 valence electrons. The van der Waals surface area contributed by atoms with E-state index in [1.165, 1.54) is 6.92 Å². The van der Waals surface area contributed by atoms with Crippen molar-refractivity contribution in [1.82, 2.24) is 0 Å². The van der Waals surface area contributed by atoms with Crippen LogP contribution in [-0.2, 0) is 11.3 Å². The van der Waals surface area contributed by atoms with Gasteiger partial charge in [-0.2, -0.15) is 0 Å². The fourth-order valence-electron chi connectivity index (χ4n) is 2.37. The first-order chi connectivity index (χ1) is 10.7. The number of nitrogens with zero attached hydrogens (tertiary/aromatic N) is 1. The van der Waals surface area contributed by atoms with Crippen LogP contribution < -0.4 is 10.2 Å². The van der Waals surface area contributed by atoms with Gasteiger partial charge in [0, 0.05) is 38.0 Å². The van der Waals surface area contributed by atoms with Crippen molar-refractivity contribution in [1.29, 1.82) is 0 Å². The van der Waals surface area contributed by atoms with Gasteiger partial charge in [0.05, 0.1) is 0 Å². The number of carbonyl (C=O) groups excluding carboxylic acids is 1. The molecule has 4 nitrogen and oxygen atoms in total. The lowest BCUT2D eigenvalue weighted by Gasteiger charge is -2.25. The minimum absolute atomic E-state index is 0.0719. The Bertz CT molecular complexity index is 599. The standard InChI is InChI=1S/C18H22N2O2/c1-15(22)19-17-8-5-7-16(13-17)14-20(11-6-12-21)18-9-3-2-4-10-18/h2-5,7-10,13,21H,6,11-12,14H2,1H3,(H,19,22). The summed E-state index contributed by atoms with van der Waals surface area (Å²) < 4.78 is 0. The predicted molar refractivity (Wildman–Crippen MR) is 89.9 cm³/mol. The number of benzene rings is 2. The molecule has 0 aromatic heterocycles. The van der Waals surface area contributed by atoms with E-state index in [0.717, 1.165) is 36.4 Å². The highest BCUT2D eigenvalue weighted by Crippen LogP contribution is 2.19. The molecule has 0 saturated carbocycles. The van der Waals surface area contributed by atoms with Crippen molar-refractivity contribution in [3.05, 3.63) is 60.2 Å². The maximum Gasteiger partial charge on any atom is 0.221 e. The Morgan fingerprint density at radius 1 is 1.14 bits per heavy atom. The van der Waals surface area contributed by atoms with Crippen LogP contribution in [0.3, 0.4) is 0 Å². The summed E-state index contributed by atoms with van der Waals surface area (Å²) in [6.45, 7) is 3.20. The molecule has 4 heteroatoms. The lowest BCUT2D eigenvalue weighted by molar-refractivity contribution is -0.114. The largest absolute Gasteiger partial charge is 0.396 e. The highest BCUT2D eigenvalue weighted by molar-refractivity contribution is 5.88. The van der Waals surface area contributed by atoms with E-state index in [4.69, 9.17) is 5.11 Å². The molecule has 0 aliphatic heterocycles. The van der Waals surface area contributed by atoms with Gasteiger partial charge in [-0.15, -0.1) is 0 Å². The van der Waals surface area contributed by atoms with E-state index < -0.39 is 0 Å². The maximum absolute atomic E-state index is 11.2. The van der Waals surface area contributed by atoms with Gasteiger partial charge in [-0.3, -0.25) is 4.79 Å². The van der Waals surface area contributed by atoms with E-state index in [9.17, 15) is 4.79 Å². The summed E-state index contributed by atoms with van der Waals surface area (Å²) >= 11 is 0. The van der Waals surface area contributed by atoms with Crippen LogP contribution in [0, 0.1) is 0 Å². The molecule has 0 fully saturated rings. The van der Waals surface area contributed by atoms with Crippen LogP contribution >= 0.6 is 0 Å². The third-order valence-electron chi connectivity index (χ3n) is 3.33. The highest BCUT2D eigenvalue weighted by Gasteiger charge is 2.07. The van der Waals surface area contributed by atoms with Gasteiger partial charge in [0.2, 0.25) is 5.91 Å². The maximum atomic E-state index is 11.2. The van der Waals surface area contributed by atoms with Gasteiger partial charge in [0.1, 0.15) is 0 Å². The molecule has 0 spiro atoms. The number of carbonyl (C=O) groups is 1. The Labute approximate surface area is 131 Å². The lowest BCUT2D eigenvalue weighted by Crippen LogP contribution is -2.24. The Morgan fingerprint density at radius 3 is 2.59 bits per heavy atom. The van der Waals surface area contributed by atoms with E-state index >= 15 is 0 Å². The number of rotatable bonds is 7. The van der Waals surface area contributed by atoms with E-state index in [1.54, 1.807) is 0 Å². The summed E-state index contributed by atoms with van der Waals surface area (Å²) in [5.41, 5.74) is 3.05. The Morgan fingerprint density at radius 2 is 1.91 bits per heavy atom. The monoisotopic (exact) mass is 298 g/mol. The molecule has 22 heavy (non-hydrogen) atoms. The van der Waals surface area contributed by atoms with Gasteiger partial charge in [-0.05, 0) is 36.2 Å². The number of aliphatic hydroxyl groups is 1. The van der Waals surface area contributed by atoms with Gasteiger partial charge in [-0.1, -0.05) is 30.3 Å². The van der Waals surface area contributed by atoms with Crippen LogP contribution in [0.4, 0.5) is 11.4 Å². The van der Waals surface area contributed by atoms with Crippen molar-refractivity contribution in [2.24, 2.45) is 0 Å². The summed E-state index contributed by atoms with van der Waals surface area (Å²) in [6, 6.07) is 18.0. The smallest absolute Gasteiger partial charge is 0.221 e. The van der Waals surface area contributed by atoms with Crippen molar-refractivity contribution >= 4 is 17.3 Å². The number of aliphatic hydroxyl groups excluding tert-OH is 1. The Balaban J connectivity index is 2.14. The predicted octanol–water partition coefficient (Wildman–Crippen LogP) is 3.03. The first-order valence-electron chi connectivity index (χ1n) is 7.46. The van der Waals surface area contributed by atoms with Crippen molar-refractivity contribution in [3.8, 4) is 0 Å². The molecule has 0 aliphatic carbocycles. The van der Waals surface area contributed by atoms with Crippen LogP contribution in [-0.4, -0.2) is 24.2 Å². The second-order valence-electron chi connectivity index (χ2n) is 5.22. The van der Waals surface area contributed by atoms with Gasteiger partial charge in [-0.25, -0.2) is 0 Å². The second-order valence-corrected chi connectivity index (χ2v) is 5.22. The summed E-state index contributed by atoms with van der Waals surface area (Å²) in [5.74, 6) is -0.0719. The summed E-state index contributed by atoms with van der Waals surface area (Å²) in [7, 11) is 0. The SMILES string of the molecule is CC(=O)Nc1cccc(CN(CCCO)c2ccccc2)c1. The van der Waals surface area contributed by atoms with Gasteiger partial charge < -0.3 is 15.3 Å². The molecule has 2 aromatic carbocycles. The molecule has 2 N–H and O–H groups in total. The van der Waals surface area contributed by atoms with E-state index in [2.05, 4.69) is 22.3 Å². The molecule has 0 heterocycles. The number of para-hydroxylation sites is 1.